The van der Waals surface area contributed by atoms with Crippen molar-refractivity contribution >= 4 is 23.1 Å². The van der Waals surface area contributed by atoms with Gasteiger partial charge in [-0.3, -0.25) is 14.9 Å². The standard InChI is InChI=1S/C23H23N5O3/c1-16-9-10-19(28(30)31)14-21(16)24-23(29)18-8-5-13-27(15-18)22-12-11-20(25-26-22)17-6-3-2-4-7-17/h2-4,6-7,9-12,14,18H,5,8,13,15H2,1H3,(H,24,29). The van der Waals surface area contributed by atoms with E-state index in [1.54, 1.807) is 6.07 Å². The SMILES string of the molecule is Cc1ccc([N+](=O)[O-])cc1NC(=O)C1CCCN(c2ccc(-c3ccccc3)nn2)C1. The van der Waals surface area contributed by atoms with E-state index in [9.17, 15) is 14.9 Å². The molecule has 1 N–H and O–H groups in total. The van der Waals surface area contributed by atoms with Crippen molar-refractivity contribution < 1.29 is 9.72 Å². The molecule has 4 rings (SSSR count). The van der Waals surface area contributed by atoms with E-state index >= 15 is 0 Å². The molecule has 0 saturated carbocycles. The number of nitro benzene ring substituents is 1. The molecule has 1 atom stereocenters. The number of hydrogen-bond acceptors (Lipinski definition) is 6. The summed E-state index contributed by atoms with van der Waals surface area (Å²) < 4.78 is 0. The molecule has 1 aliphatic heterocycles. The zero-order valence-electron chi connectivity index (χ0n) is 17.2. The van der Waals surface area contributed by atoms with Crippen molar-refractivity contribution in [1.82, 2.24) is 10.2 Å². The highest BCUT2D eigenvalue weighted by Crippen LogP contribution is 2.26. The van der Waals surface area contributed by atoms with E-state index in [0.29, 0.717) is 12.2 Å². The van der Waals surface area contributed by atoms with E-state index in [1.807, 2.05) is 49.4 Å². The van der Waals surface area contributed by atoms with Gasteiger partial charge in [0.2, 0.25) is 5.91 Å². The summed E-state index contributed by atoms with van der Waals surface area (Å²) in [6, 6.07) is 18.2. The Labute approximate surface area is 180 Å². The topological polar surface area (TPSA) is 101 Å². The molecule has 3 aromatic rings. The van der Waals surface area contributed by atoms with E-state index in [4.69, 9.17) is 0 Å². The molecule has 0 radical (unpaired) electrons. The lowest BCUT2D eigenvalue weighted by molar-refractivity contribution is -0.384. The number of rotatable bonds is 5. The van der Waals surface area contributed by atoms with Gasteiger partial charge in [0.15, 0.2) is 5.82 Å². The number of nitro groups is 1. The van der Waals surface area contributed by atoms with Crippen LogP contribution in [-0.2, 0) is 4.79 Å². The summed E-state index contributed by atoms with van der Waals surface area (Å²) in [4.78, 5) is 25.5. The molecular formula is C23H23N5O3. The number of piperidine rings is 1. The van der Waals surface area contributed by atoms with E-state index in [-0.39, 0.29) is 17.5 Å². The first-order valence-corrected chi connectivity index (χ1v) is 10.2. The molecule has 1 fully saturated rings. The fraction of sp³-hybridized carbons (Fsp3) is 0.261. The Kier molecular flexibility index (Phi) is 5.88. The van der Waals surface area contributed by atoms with Gasteiger partial charge in [0, 0.05) is 30.8 Å². The molecule has 1 amide bonds. The number of nitrogens with zero attached hydrogens (tertiary/aromatic N) is 4. The van der Waals surface area contributed by atoms with Gasteiger partial charge in [-0.25, -0.2) is 0 Å². The van der Waals surface area contributed by atoms with Crippen LogP contribution in [0.3, 0.4) is 0 Å². The van der Waals surface area contributed by atoms with Gasteiger partial charge in [0.1, 0.15) is 0 Å². The third-order valence-electron chi connectivity index (χ3n) is 5.53. The first-order chi connectivity index (χ1) is 15.0. The molecule has 2 heterocycles. The average molecular weight is 417 g/mol. The monoisotopic (exact) mass is 417 g/mol. The fourth-order valence-corrected chi connectivity index (χ4v) is 3.75. The van der Waals surface area contributed by atoms with Crippen LogP contribution in [0, 0.1) is 23.0 Å². The number of carbonyl (C=O) groups is 1. The maximum atomic E-state index is 12.9. The van der Waals surface area contributed by atoms with Gasteiger partial charge in [-0.15, -0.1) is 10.2 Å². The minimum Gasteiger partial charge on any atom is -0.354 e. The largest absolute Gasteiger partial charge is 0.354 e. The lowest BCUT2D eigenvalue weighted by Gasteiger charge is -2.32. The van der Waals surface area contributed by atoms with Crippen LogP contribution < -0.4 is 10.2 Å². The summed E-state index contributed by atoms with van der Waals surface area (Å²) >= 11 is 0. The van der Waals surface area contributed by atoms with Gasteiger partial charge in [-0.1, -0.05) is 36.4 Å². The zero-order valence-corrected chi connectivity index (χ0v) is 17.2. The van der Waals surface area contributed by atoms with Crippen molar-refractivity contribution in [1.29, 1.82) is 0 Å². The van der Waals surface area contributed by atoms with Crippen LogP contribution in [0.5, 0.6) is 0 Å². The number of benzene rings is 2. The third-order valence-corrected chi connectivity index (χ3v) is 5.53. The maximum Gasteiger partial charge on any atom is 0.271 e. The molecule has 0 aliphatic carbocycles. The number of nitrogens with one attached hydrogen (secondary N) is 1. The highest BCUT2D eigenvalue weighted by Gasteiger charge is 2.27. The Hall–Kier alpha value is -3.81. The first kappa shape index (κ1) is 20.5. The van der Waals surface area contributed by atoms with E-state index in [1.165, 1.54) is 12.1 Å². The van der Waals surface area contributed by atoms with Crippen LogP contribution >= 0.6 is 0 Å². The predicted octanol–water partition coefficient (Wildman–Crippen LogP) is 4.22. The number of anilines is 2. The third kappa shape index (κ3) is 4.69. The van der Waals surface area contributed by atoms with Crippen LogP contribution in [0.2, 0.25) is 0 Å². The zero-order chi connectivity index (χ0) is 21.8. The van der Waals surface area contributed by atoms with Gasteiger partial charge in [0.05, 0.1) is 22.2 Å². The molecule has 1 saturated heterocycles. The molecule has 2 aromatic carbocycles. The molecule has 31 heavy (non-hydrogen) atoms. The predicted molar refractivity (Wildman–Crippen MR) is 119 cm³/mol. The number of carbonyl (C=O) groups excluding carboxylic acids is 1. The highest BCUT2D eigenvalue weighted by atomic mass is 16.6. The first-order valence-electron chi connectivity index (χ1n) is 10.2. The minimum atomic E-state index is -0.463. The molecule has 158 valence electrons. The minimum absolute atomic E-state index is 0.0417. The molecule has 8 heteroatoms. The molecule has 0 spiro atoms. The Bertz CT molecular complexity index is 1090. The van der Waals surface area contributed by atoms with Crippen molar-refractivity contribution in [2.24, 2.45) is 5.92 Å². The van der Waals surface area contributed by atoms with E-state index < -0.39 is 4.92 Å². The average Bonchev–Trinajstić information content (AvgIpc) is 2.81. The Balaban J connectivity index is 1.44. The van der Waals surface area contributed by atoms with E-state index in [2.05, 4.69) is 20.4 Å². The van der Waals surface area contributed by atoms with Crippen LogP contribution in [0.15, 0.2) is 60.7 Å². The Morgan fingerprint density at radius 2 is 1.94 bits per heavy atom. The molecule has 1 aliphatic rings. The summed E-state index contributed by atoms with van der Waals surface area (Å²) in [6.07, 6.45) is 1.61. The van der Waals surface area contributed by atoms with Crippen LogP contribution in [-0.4, -0.2) is 34.1 Å². The summed E-state index contributed by atoms with van der Waals surface area (Å²) in [5.41, 5.74) is 3.03. The summed E-state index contributed by atoms with van der Waals surface area (Å²) in [6.45, 7) is 3.15. The lowest BCUT2D eigenvalue weighted by Crippen LogP contribution is -2.41. The second-order valence-corrected chi connectivity index (χ2v) is 7.67. The van der Waals surface area contributed by atoms with Gasteiger partial charge < -0.3 is 10.2 Å². The number of non-ortho nitro benzene ring substituents is 1. The molecule has 8 nitrogen and oxygen atoms in total. The van der Waals surface area contributed by atoms with Crippen LogP contribution in [0.1, 0.15) is 18.4 Å². The van der Waals surface area contributed by atoms with Crippen molar-refractivity contribution in [3.8, 4) is 11.3 Å². The van der Waals surface area contributed by atoms with Crippen molar-refractivity contribution in [3.63, 3.8) is 0 Å². The van der Waals surface area contributed by atoms with Crippen molar-refractivity contribution in [2.45, 2.75) is 19.8 Å². The molecule has 0 bridgehead atoms. The van der Waals surface area contributed by atoms with Gasteiger partial charge in [-0.05, 0) is 37.5 Å². The second-order valence-electron chi connectivity index (χ2n) is 7.67. The van der Waals surface area contributed by atoms with Crippen LogP contribution in [0.25, 0.3) is 11.3 Å². The second kappa shape index (κ2) is 8.91. The lowest BCUT2D eigenvalue weighted by atomic mass is 9.96. The Morgan fingerprint density at radius 3 is 2.65 bits per heavy atom. The van der Waals surface area contributed by atoms with Crippen molar-refractivity contribution in [2.75, 3.05) is 23.3 Å². The highest BCUT2D eigenvalue weighted by molar-refractivity contribution is 5.94. The van der Waals surface area contributed by atoms with E-state index in [0.717, 1.165) is 42.0 Å². The summed E-state index contributed by atoms with van der Waals surface area (Å²) in [5.74, 6) is 0.369. The molecular weight excluding hydrogens is 394 g/mol. The number of aryl methyl sites for hydroxylation is 1. The maximum absolute atomic E-state index is 12.9. The van der Waals surface area contributed by atoms with Crippen LogP contribution in [0.4, 0.5) is 17.2 Å². The van der Waals surface area contributed by atoms with Gasteiger partial charge >= 0.3 is 0 Å². The number of hydrogen-bond donors (Lipinski definition) is 1. The van der Waals surface area contributed by atoms with Gasteiger partial charge in [0.25, 0.3) is 5.69 Å². The number of amides is 1. The summed E-state index contributed by atoms with van der Waals surface area (Å²) in [7, 11) is 0. The molecule has 1 unspecified atom stereocenters. The smallest absolute Gasteiger partial charge is 0.271 e. The fourth-order valence-electron chi connectivity index (χ4n) is 3.75. The Morgan fingerprint density at radius 1 is 1.13 bits per heavy atom. The quantitative estimate of drug-likeness (QED) is 0.493. The van der Waals surface area contributed by atoms with Gasteiger partial charge in [-0.2, -0.15) is 0 Å². The molecule has 1 aromatic heterocycles. The van der Waals surface area contributed by atoms with Crippen molar-refractivity contribution in [3.05, 3.63) is 76.3 Å². The summed E-state index contributed by atoms with van der Waals surface area (Å²) in [5, 5.41) is 22.6. The normalized spacial score (nSPS) is 16.0. The number of aromatic nitrogens is 2.